The average molecular weight is 248 g/mol. The molecule has 1 aliphatic heterocycles. The number of rotatable bonds is 6. The molecule has 0 amide bonds. The lowest BCUT2D eigenvalue weighted by Gasteiger charge is -2.17. The lowest BCUT2D eigenvalue weighted by molar-refractivity contribution is -0.114. The van der Waals surface area contributed by atoms with Crippen LogP contribution >= 0.6 is 0 Å². The Morgan fingerprint density at radius 3 is 3.06 bits per heavy atom. The van der Waals surface area contributed by atoms with Gasteiger partial charge in [0.2, 0.25) is 0 Å². The molecule has 2 rings (SSSR count). The van der Waals surface area contributed by atoms with Crippen LogP contribution in [0.15, 0.2) is 27.9 Å². The van der Waals surface area contributed by atoms with Crippen molar-refractivity contribution in [3.63, 3.8) is 0 Å². The third-order valence-corrected chi connectivity index (χ3v) is 3.41. The normalized spacial score (nSPS) is 20.1. The molecule has 0 aromatic rings. The molecule has 0 saturated heterocycles. The highest BCUT2D eigenvalue weighted by Gasteiger charge is 2.24. The van der Waals surface area contributed by atoms with Gasteiger partial charge in [-0.15, -0.1) is 0 Å². The van der Waals surface area contributed by atoms with Crippen molar-refractivity contribution in [3.8, 4) is 0 Å². The maximum atomic E-state index is 11.7. The molecule has 0 fully saturated rings. The molecule has 0 bridgehead atoms. The number of carbonyl (C=O) groups excluding carboxylic acids is 1. The van der Waals surface area contributed by atoms with Gasteiger partial charge in [0.15, 0.2) is 5.78 Å². The van der Waals surface area contributed by atoms with E-state index < -0.39 is 0 Å². The topological polar surface area (TPSA) is 61.7 Å². The third-order valence-electron chi connectivity index (χ3n) is 3.41. The number of aliphatic hydroxyl groups is 1. The first-order valence-corrected chi connectivity index (χ1v) is 6.58. The smallest absolute Gasteiger partial charge is 0.166 e. The Balaban J connectivity index is 1.95. The van der Waals surface area contributed by atoms with Crippen LogP contribution in [-0.4, -0.2) is 36.3 Å². The van der Waals surface area contributed by atoms with Crippen molar-refractivity contribution in [1.82, 2.24) is 5.32 Å². The maximum absolute atomic E-state index is 11.7. The van der Waals surface area contributed by atoms with Gasteiger partial charge in [0.1, 0.15) is 0 Å². The van der Waals surface area contributed by atoms with Crippen LogP contribution in [0.3, 0.4) is 0 Å². The van der Waals surface area contributed by atoms with Crippen molar-refractivity contribution in [2.45, 2.75) is 38.6 Å². The highest BCUT2D eigenvalue weighted by Crippen LogP contribution is 2.30. The second kappa shape index (κ2) is 6.07. The zero-order chi connectivity index (χ0) is 13.0. The number of hydrogen-bond donors (Lipinski definition) is 2. The van der Waals surface area contributed by atoms with Gasteiger partial charge in [0.05, 0.1) is 12.3 Å². The molecular weight excluding hydrogens is 228 g/mol. The largest absolute Gasteiger partial charge is 0.395 e. The molecule has 1 unspecified atom stereocenters. The lowest BCUT2D eigenvalue weighted by atomic mass is 10.0. The van der Waals surface area contributed by atoms with Crippen molar-refractivity contribution in [2.75, 3.05) is 13.2 Å². The van der Waals surface area contributed by atoms with Crippen LogP contribution < -0.4 is 5.32 Å². The Kier molecular flexibility index (Phi) is 4.44. The Bertz CT molecular complexity index is 422. The first-order chi connectivity index (χ1) is 8.76. The highest BCUT2D eigenvalue weighted by molar-refractivity contribution is 6.07. The lowest BCUT2D eigenvalue weighted by Crippen LogP contribution is -2.33. The standard InChI is InChI=1S/C14H20N2O2/c1-2-3-11(9-17)16-8-10-4-5-12-13(18)6-7-15-14(10)12/h4,7,11,16-17H,2-3,5-6,8-9H2,1H3. The van der Waals surface area contributed by atoms with E-state index in [1.54, 1.807) is 6.21 Å². The van der Waals surface area contributed by atoms with Gasteiger partial charge in [0, 0.05) is 30.8 Å². The summed E-state index contributed by atoms with van der Waals surface area (Å²) < 4.78 is 0. The summed E-state index contributed by atoms with van der Waals surface area (Å²) in [4.78, 5) is 16.0. The number of allylic oxidation sites excluding steroid dienone is 2. The molecule has 0 aromatic heterocycles. The van der Waals surface area contributed by atoms with E-state index in [0.29, 0.717) is 19.4 Å². The summed E-state index contributed by atoms with van der Waals surface area (Å²) in [5.41, 5.74) is 2.79. The van der Waals surface area contributed by atoms with Crippen LogP contribution in [0, 0.1) is 0 Å². The molecule has 18 heavy (non-hydrogen) atoms. The second-order valence-corrected chi connectivity index (χ2v) is 4.75. The molecule has 4 nitrogen and oxygen atoms in total. The number of aliphatic imine (C=N–C) groups is 1. The highest BCUT2D eigenvalue weighted by atomic mass is 16.3. The summed E-state index contributed by atoms with van der Waals surface area (Å²) in [6.45, 7) is 2.92. The summed E-state index contributed by atoms with van der Waals surface area (Å²) in [6, 6.07) is 0.129. The molecule has 4 heteroatoms. The SMILES string of the molecule is CCCC(CO)NCC1=CCC2=C1N=CCC2=O. The first kappa shape index (κ1) is 13.2. The van der Waals surface area contributed by atoms with Crippen LogP contribution in [0.25, 0.3) is 0 Å². The van der Waals surface area contributed by atoms with Gasteiger partial charge in [-0.05, 0) is 18.4 Å². The Morgan fingerprint density at radius 1 is 1.50 bits per heavy atom. The van der Waals surface area contributed by atoms with Crippen LogP contribution in [0.4, 0.5) is 0 Å². The predicted molar refractivity (Wildman–Crippen MR) is 71.6 cm³/mol. The van der Waals surface area contributed by atoms with Gasteiger partial charge < -0.3 is 10.4 Å². The number of nitrogens with zero attached hydrogens (tertiary/aromatic N) is 1. The number of aliphatic hydroxyl groups excluding tert-OH is 1. The fraction of sp³-hybridized carbons (Fsp3) is 0.571. The fourth-order valence-electron chi connectivity index (χ4n) is 2.38. The molecule has 0 saturated carbocycles. The number of Topliss-reactive ketones (excluding diaryl/α,β-unsaturated/α-hetero) is 1. The van der Waals surface area contributed by atoms with E-state index in [9.17, 15) is 9.90 Å². The first-order valence-electron chi connectivity index (χ1n) is 6.58. The van der Waals surface area contributed by atoms with Crippen molar-refractivity contribution in [3.05, 3.63) is 22.9 Å². The van der Waals surface area contributed by atoms with E-state index in [4.69, 9.17) is 0 Å². The summed E-state index contributed by atoms with van der Waals surface area (Å²) in [7, 11) is 0. The molecule has 1 heterocycles. The van der Waals surface area contributed by atoms with Crippen LogP contribution in [0.5, 0.6) is 0 Å². The molecule has 0 spiro atoms. The van der Waals surface area contributed by atoms with E-state index in [2.05, 4.69) is 23.3 Å². The van der Waals surface area contributed by atoms with Crippen molar-refractivity contribution in [2.24, 2.45) is 4.99 Å². The van der Waals surface area contributed by atoms with Gasteiger partial charge >= 0.3 is 0 Å². The number of carbonyl (C=O) groups is 1. The fourth-order valence-corrected chi connectivity index (χ4v) is 2.38. The minimum Gasteiger partial charge on any atom is -0.395 e. The Labute approximate surface area is 107 Å². The molecular formula is C14H20N2O2. The zero-order valence-electron chi connectivity index (χ0n) is 10.8. The number of ketones is 1. The van der Waals surface area contributed by atoms with Gasteiger partial charge in [0.25, 0.3) is 0 Å². The van der Waals surface area contributed by atoms with Crippen molar-refractivity contribution >= 4 is 12.0 Å². The van der Waals surface area contributed by atoms with Gasteiger partial charge in [-0.25, -0.2) is 0 Å². The number of nitrogens with one attached hydrogen (secondary N) is 1. The molecule has 1 aliphatic carbocycles. The Hall–Kier alpha value is -1.26. The number of hydrogen-bond acceptors (Lipinski definition) is 4. The summed E-state index contributed by atoms with van der Waals surface area (Å²) >= 11 is 0. The van der Waals surface area contributed by atoms with Crippen LogP contribution in [0.2, 0.25) is 0 Å². The van der Waals surface area contributed by atoms with Gasteiger partial charge in [-0.3, -0.25) is 9.79 Å². The molecule has 2 N–H and O–H groups in total. The van der Waals surface area contributed by atoms with E-state index in [1.807, 2.05) is 0 Å². The summed E-state index contributed by atoms with van der Waals surface area (Å²) in [6.07, 6.45) is 6.90. The molecule has 0 aromatic carbocycles. The molecule has 98 valence electrons. The van der Waals surface area contributed by atoms with E-state index in [1.165, 1.54) is 0 Å². The quantitative estimate of drug-likeness (QED) is 0.746. The van der Waals surface area contributed by atoms with E-state index in [-0.39, 0.29) is 18.4 Å². The van der Waals surface area contributed by atoms with Crippen LogP contribution in [0.1, 0.15) is 32.6 Å². The van der Waals surface area contributed by atoms with Crippen LogP contribution in [-0.2, 0) is 4.79 Å². The average Bonchev–Trinajstić information content (AvgIpc) is 2.79. The van der Waals surface area contributed by atoms with Gasteiger partial charge in [-0.1, -0.05) is 19.4 Å². The predicted octanol–water partition coefficient (Wildman–Crippen LogP) is 1.36. The minimum atomic E-state index is 0.129. The second-order valence-electron chi connectivity index (χ2n) is 4.75. The maximum Gasteiger partial charge on any atom is 0.166 e. The third kappa shape index (κ3) is 2.76. The molecule has 2 aliphatic rings. The minimum absolute atomic E-state index is 0.129. The Morgan fingerprint density at radius 2 is 2.33 bits per heavy atom. The van der Waals surface area contributed by atoms with Gasteiger partial charge in [-0.2, -0.15) is 0 Å². The van der Waals surface area contributed by atoms with Crippen molar-refractivity contribution < 1.29 is 9.90 Å². The summed E-state index contributed by atoms with van der Waals surface area (Å²) in [5.74, 6) is 0.193. The zero-order valence-corrected chi connectivity index (χ0v) is 10.8. The van der Waals surface area contributed by atoms with E-state index >= 15 is 0 Å². The molecule has 0 radical (unpaired) electrons. The monoisotopic (exact) mass is 248 g/mol. The van der Waals surface area contributed by atoms with Crippen molar-refractivity contribution in [1.29, 1.82) is 0 Å². The molecule has 1 atom stereocenters. The summed E-state index contributed by atoms with van der Waals surface area (Å²) in [5, 5.41) is 12.6. The van der Waals surface area contributed by atoms with E-state index in [0.717, 1.165) is 29.7 Å².